The maximum Gasteiger partial charge on any atom is 0.214 e. The van der Waals surface area contributed by atoms with Crippen LogP contribution in [0.1, 0.15) is 29.4 Å². The van der Waals surface area contributed by atoms with Crippen LogP contribution in [0.25, 0.3) is 0 Å². The van der Waals surface area contributed by atoms with Crippen molar-refractivity contribution in [2.75, 3.05) is 6.61 Å². The van der Waals surface area contributed by atoms with Crippen molar-refractivity contribution in [2.45, 2.75) is 13.3 Å². The summed E-state index contributed by atoms with van der Waals surface area (Å²) in [6, 6.07) is 3.46. The van der Waals surface area contributed by atoms with Crippen molar-refractivity contribution in [2.24, 2.45) is 0 Å². The third kappa shape index (κ3) is 3.64. The quantitative estimate of drug-likeness (QED) is 0.712. The highest BCUT2D eigenvalue weighted by Gasteiger charge is 2.15. The summed E-state index contributed by atoms with van der Waals surface area (Å²) >= 11 is 6.65. The summed E-state index contributed by atoms with van der Waals surface area (Å²) in [5.74, 6) is 0.393. The van der Waals surface area contributed by atoms with Crippen molar-refractivity contribution in [1.82, 2.24) is 9.97 Å². The SMILES string of the molecule is CCCOc1cncc(C(=O)c2ncc(Br)cc2Br)c1. The summed E-state index contributed by atoms with van der Waals surface area (Å²) in [5, 5.41) is 0. The number of ketones is 1. The van der Waals surface area contributed by atoms with Crippen molar-refractivity contribution < 1.29 is 9.53 Å². The highest BCUT2D eigenvalue weighted by molar-refractivity contribution is 9.11. The van der Waals surface area contributed by atoms with Crippen molar-refractivity contribution in [3.05, 3.63) is 50.9 Å². The Morgan fingerprint density at radius 2 is 2.05 bits per heavy atom. The molecule has 0 radical (unpaired) electrons. The van der Waals surface area contributed by atoms with Gasteiger partial charge in [-0.2, -0.15) is 0 Å². The standard InChI is InChI=1S/C14H12Br2N2O2/c1-2-3-20-11-4-9(6-17-8-11)14(19)13-12(16)5-10(15)7-18-13/h4-8H,2-3H2,1H3. The molecule has 104 valence electrons. The van der Waals surface area contributed by atoms with E-state index in [0.717, 1.165) is 10.9 Å². The predicted molar refractivity (Wildman–Crippen MR) is 83.1 cm³/mol. The van der Waals surface area contributed by atoms with Gasteiger partial charge >= 0.3 is 0 Å². The lowest BCUT2D eigenvalue weighted by atomic mass is 10.1. The van der Waals surface area contributed by atoms with Crippen LogP contribution in [0, 0.1) is 0 Å². The second-order valence-electron chi connectivity index (χ2n) is 4.07. The Morgan fingerprint density at radius 1 is 1.25 bits per heavy atom. The fourth-order valence-electron chi connectivity index (χ4n) is 1.56. The number of halogens is 2. The van der Waals surface area contributed by atoms with Gasteiger partial charge in [-0.1, -0.05) is 6.92 Å². The first-order valence-electron chi connectivity index (χ1n) is 6.05. The molecule has 0 saturated heterocycles. The lowest BCUT2D eigenvalue weighted by Gasteiger charge is -2.06. The van der Waals surface area contributed by atoms with E-state index in [1.807, 2.05) is 6.92 Å². The molecular weight excluding hydrogens is 388 g/mol. The number of carbonyl (C=O) groups excluding carboxylic acids is 1. The molecule has 2 heterocycles. The number of nitrogens with zero attached hydrogens (tertiary/aromatic N) is 2. The van der Waals surface area contributed by atoms with E-state index < -0.39 is 0 Å². The minimum atomic E-state index is -0.196. The Morgan fingerprint density at radius 3 is 2.75 bits per heavy atom. The zero-order valence-electron chi connectivity index (χ0n) is 10.8. The predicted octanol–water partition coefficient (Wildman–Crippen LogP) is 4.02. The first kappa shape index (κ1) is 15.1. The van der Waals surface area contributed by atoms with Crippen LogP contribution in [0.15, 0.2) is 39.7 Å². The van der Waals surface area contributed by atoms with Gasteiger partial charge in [0.1, 0.15) is 11.4 Å². The van der Waals surface area contributed by atoms with E-state index >= 15 is 0 Å². The summed E-state index contributed by atoms with van der Waals surface area (Å²) < 4.78 is 6.92. The zero-order chi connectivity index (χ0) is 14.5. The van der Waals surface area contributed by atoms with Gasteiger partial charge in [0, 0.05) is 26.9 Å². The third-order valence-corrected chi connectivity index (χ3v) is 3.51. The lowest BCUT2D eigenvalue weighted by molar-refractivity contribution is 0.103. The number of ether oxygens (including phenoxy) is 1. The van der Waals surface area contributed by atoms with Gasteiger partial charge in [-0.15, -0.1) is 0 Å². The van der Waals surface area contributed by atoms with Gasteiger partial charge in [0.2, 0.25) is 5.78 Å². The van der Waals surface area contributed by atoms with E-state index in [1.54, 1.807) is 24.5 Å². The Bertz CT molecular complexity index is 632. The normalized spacial score (nSPS) is 10.3. The second-order valence-corrected chi connectivity index (χ2v) is 5.84. The minimum absolute atomic E-state index is 0.196. The van der Waals surface area contributed by atoms with Crippen LogP contribution < -0.4 is 4.74 Å². The minimum Gasteiger partial charge on any atom is -0.492 e. The van der Waals surface area contributed by atoms with Gasteiger partial charge in [-0.3, -0.25) is 14.8 Å². The molecule has 0 aliphatic heterocycles. The van der Waals surface area contributed by atoms with E-state index in [1.165, 1.54) is 6.20 Å². The van der Waals surface area contributed by atoms with Crippen molar-refractivity contribution in [3.8, 4) is 5.75 Å². The van der Waals surface area contributed by atoms with E-state index in [2.05, 4.69) is 41.8 Å². The molecule has 0 spiro atoms. The van der Waals surface area contributed by atoms with Crippen LogP contribution in [-0.4, -0.2) is 22.4 Å². The molecule has 0 saturated carbocycles. The monoisotopic (exact) mass is 398 g/mol. The average Bonchev–Trinajstić information content (AvgIpc) is 2.45. The summed E-state index contributed by atoms with van der Waals surface area (Å²) in [6.45, 7) is 2.62. The molecule has 6 heteroatoms. The zero-order valence-corrected chi connectivity index (χ0v) is 13.9. The molecule has 2 rings (SSSR count). The van der Waals surface area contributed by atoms with Crippen LogP contribution in [0.4, 0.5) is 0 Å². The second kappa shape index (κ2) is 6.95. The molecule has 2 aromatic rings. The Hall–Kier alpha value is -1.27. The van der Waals surface area contributed by atoms with E-state index in [0.29, 0.717) is 28.1 Å². The molecule has 0 bridgehead atoms. The molecule has 0 fully saturated rings. The summed E-state index contributed by atoms with van der Waals surface area (Å²) in [4.78, 5) is 20.6. The van der Waals surface area contributed by atoms with Crippen LogP contribution in [0.5, 0.6) is 5.75 Å². The maximum atomic E-state index is 12.4. The number of hydrogen-bond donors (Lipinski definition) is 0. The molecule has 20 heavy (non-hydrogen) atoms. The number of pyridine rings is 2. The number of aromatic nitrogens is 2. The van der Waals surface area contributed by atoms with Gasteiger partial charge in [0.25, 0.3) is 0 Å². The van der Waals surface area contributed by atoms with E-state index in [-0.39, 0.29) is 5.78 Å². The smallest absolute Gasteiger partial charge is 0.214 e. The fourth-order valence-corrected chi connectivity index (χ4v) is 2.73. The van der Waals surface area contributed by atoms with Crippen molar-refractivity contribution in [1.29, 1.82) is 0 Å². The van der Waals surface area contributed by atoms with Crippen LogP contribution in [0.2, 0.25) is 0 Å². The summed E-state index contributed by atoms with van der Waals surface area (Å²) in [6.07, 6.45) is 5.59. The largest absolute Gasteiger partial charge is 0.492 e. The van der Waals surface area contributed by atoms with E-state index in [4.69, 9.17) is 4.74 Å². The Labute approximate surface area is 133 Å². The van der Waals surface area contributed by atoms with Gasteiger partial charge in [0.15, 0.2) is 0 Å². The molecule has 0 amide bonds. The molecular formula is C14H12Br2N2O2. The molecule has 0 aliphatic rings. The van der Waals surface area contributed by atoms with Crippen molar-refractivity contribution >= 4 is 37.6 Å². The third-order valence-electron chi connectivity index (χ3n) is 2.47. The summed E-state index contributed by atoms with van der Waals surface area (Å²) in [7, 11) is 0. The average molecular weight is 400 g/mol. The van der Waals surface area contributed by atoms with Crippen molar-refractivity contribution in [3.63, 3.8) is 0 Å². The van der Waals surface area contributed by atoms with E-state index in [9.17, 15) is 4.79 Å². The first-order chi connectivity index (χ1) is 9.61. The van der Waals surface area contributed by atoms with Gasteiger partial charge in [-0.05, 0) is 50.4 Å². The molecule has 0 atom stereocenters. The Balaban J connectivity index is 2.28. The molecule has 0 N–H and O–H groups in total. The topological polar surface area (TPSA) is 52.1 Å². The first-order valence-corrected chi connectivity index (χ1v) is 7.64. The summed E-state index contributed by atoms with van der Waals surface area (Å²) in [5.41, 5.74) is 0.803. The number of hydrogen-bond acceptors (Lipinski definition) is 4. The van der Waals surface area contributed by atoms with Crippen LogP contribution in [-0.2, 0) is 0 Å². The highest BCUT2D eigenvalue weighted by Crippen LogP contribution is 2.23. The maximum absolute atomic E-state index is 12.4. The molecule has 0 aromatic carbocycles. The lowest BCUT2D eigenvalue weighted by Crippen LogP contribution is -2.06. The molecule has 2 aromatic heterocycles. The molecule has 4 nitrogen and oxygen atoms in total. The van der Waals surface area contributed by atoms with Gasteiger partial charge in [0.05, 0.1) is 12.8 Å². The molecule has 0 unspecified atom stereocenters. The van der Waals surface area contributed by atoms with Crippen LogP contribution in [0.3, 0.4) is 0 Å². The highest BCUT2D eigenvalue weighted by atomic mass is 79.9. The number of rotatable bonds is 5. The fraction of sp³-hybridized carbons (Fsp3) is 0.214. The van der Waals surface area contributed by atoms with Crippen LogP contribution >= 0.6 is 31.9 Å². The van der Waals surface area contributed by atoms with Gasteiger partial charge < -0.3 is 4.74 Å². The van der Waals surface area contributed by atoms with Gasteiger partial charge in [-0.25, -0.2) is 0 Å². The Kier molecular flexibility index (Phi) is 5.25. The molecule has 0 aliphatic carbocycles. The number of carbonyl (C=O) groups is 1.